The molecule has 0 aromatic heterocycles. The zero-order chi connectivity index (χ0) is 21.6. The number of nitrogen functional groups attached to an aromatic ring is 1. The number of nitrogens with two attached hydrogens (primary N) is 1. The molecule has 0 aliphatic carbocycles. The molecule has 2 aromatic rings. The lowest BCUT2D eigenvalue weighted by Gasteiger charge is -2.23. The SMILES string of the molecule is Nc1ccccc1NC(=O)c1ccc(N2CC[C@H](NC(=O)OC3CCOCC3)C2)cc1. The molecule has 2 aliphatic rings. The number of ether oxygens (including phenoxy) is 2. The highest BCUT2D eigenvalue weighted by molar-refractivity contribution is 6.05. The van der Waals surface area contributed by atoms with Gasteiger partial charge in [-0.15, -0.1) is 0 Å². The average molecular weight is 425 g/mol. The molecule has 0 bridgehead atoms. The van der Waals surface area contributed by atoms with Crippen molar-refractivity contribution >= 4 is 29.1 Å². The van der Waals surface area contributed by atoms with Crippen molar-refractivity contribution in [3.63, 3.8) is 0 Å². The molecule has 2 fully saturated rings. The molecule has 0 radical (unpaired) electrons. The van der Waals surface area contributed by atoms with Gasteiger partial charge in [-0.05, 0) is 42.8 Å². The number of anilines is 3. The van der Waals surface area contributed by atoms with Crippen LogP contribution >= 0.6 is 0 Å². The van der Waals surface area contributed by atoms with Crippen molar-refractivity contribution in [2.45, 2.75) is 31.4 Å². The van der Waals surface area contributed by atoms with E-state index >= 15 is 0 Å². The number of carbonyl (C=O) groups is 2. The lowest BCUT2D eigenvalue weighted by molar-refractivity contribution is 0.000984. The lowest BCUT2D eigenvalue weighted by atomic mass is 10.1. The molecule has 4 rings (SSSR count). The fraction of sp³-hybridized carbons (Fsp3) is 0.391. The normalized spacial score (nSPS) is 19.1. The van der Waals surface area contributed by atoms with Crippen molar-refractivity contribution < 1.29 is 19.1 Å². The van der Waals surface area contributed by atoms with Crippen LogP contribution < -0.4 is 21.3 Å². The van der Waals surface area contributed by atoms with Crippen molar-refractivity contribution in [2.24, 2.45) is 0 Å². The first-order valence-electron chi connectivity index (χ1n) is 10.6. The Morgan fingerprint density at radius 1 is 1.03 bits per heavy atom. The summed E-state index contributed by atoms with van der Waals surface area (Å²) in [6, 6.07) is 14.6. The number of rotatable bonds is 5. The molecule has 4 N–H and O–H groups in total. The van der Waals surface area contributed by atoms with Crippen LogP contribution in [0.3, 0.4) is 0 Å². The van der Waals surface area contributed by atoms with Crippen LogP contribution in [0.25, 0.3) is 0 Å². The fourth-order valence-corrected chi connectivity index (χ4v) is 3.89. The molecule has 2 aromatic carbocycles. The number of hydrogen-bond donors (Lipinski definition) is 3. The first-order valence-corrected chi connectivity index (χ1v) is 10.6. The minimum atomic E-state index is -0.356. The highest BCUT2D eigenvalue weighted by Gasteiger charge is 2.26. The van der Waals surface area contributed by atoms with Crippen LogP contribution in [0, 0.1) is 0 Å². The van der Waals surface area contributed by atoms with E-state index in [1.807, 2.05) is 24.3 Å². The van der Waals surface area contributed by atoms with Gasteiger partial charge in [0.1, 0.15) is 6.10 Å². The summed E-state index contributed by atoms with van der Waals surface area (Å²) in [6.45, 7) is 2.81. The van der Waals surface area contributed by atoms with E-state index in [2.05, 4.69) is 15.5 Å². The lowest BCUT2D eigenvalue weighted by Crippen LogP contribution is -2.40. The fourth-order valence-electron chi connectivity index (χ4n) is 3.89. The number of nitrogens with one attached hydrogen (secondary N) is 2. The van der Waals surface area contributed by atoms with Crippen LogP contribution in [0.5, 0.6) is 0 Å². The second-order valence-corrected chi connectivity index (χ2v) is 7.88. The quantitative estimate of drug-likeness (QED) is 0.637. The zero-order valence-corrected chi connectivity index (χ0v) is 17.4. The van der Waals surface area contributed by atoms with Crippen molar-refractivity contribution in [3.05, 3.63) is 54.1 Å². The minimum Gasteiger partial charge on any atom is -0.446 e. The highest BCUT2D eigenvalue weighted by atomic mass is 16.6. The summed E-state index contributed by atoms with van der Waals surface area (Å²) in [6.07, 6.45) is 1.93. The van der Waals surface area contributed by atoms with Crippen LogP contribution in [0.1, 0.15) is 29.6 Å². The summed E-state index contributed by atoms with van der Waals surface area (Å²) in [5.74, 6) is -0.207. The molecule has 0 spiro atoms. The van der Waals surface area contributed by atoms with Crippen molar-refractivity contribution in [1.82, 2.24) is 5.32 Å². The molecule has 8 heteroatoms. The number of para-hydroxylation sites is 2. The Morgan fingerprint density at radius 3 is 2.52 bits per heavy atom. The predicted octanol–water partition coefficient (Wildman–Crippen LogP) is 3.01. The van der Waals surface area contributed by atoms with Crippen LogP contribution in [0.4, 0.5) is 21.9 Å². The summed E-state index contributed by atoms with van der Waals surface area (Å²) in [4.78, 5) is 26.8. The van der Waals surface area contributed by atoms with Crippen LogP contribution in [-0.4, -0.2) is 50.4 Å². The van der Waals surface area contributed by atoms with Crippen LogP contribution in [-0.2, 0) is 9.47 Å². The van der Waals surface area contributed by atoms with E-state index in [9.17, 15) is 9.59 Å². The van der Waals surface area contributed by atoms with E-state index in [-0.39, 0.29) is 24.1 Å². The molecule has 2 saturated heterocycles. The predicted molar refractivity (Wildman–Crippen MR) is 119 cm³/mol. The second kappa shape index (κ2) is 9.70. The monoisotopic (exact) mass is 424 g/mol. The van der Waals surface area contributed by atoms with Gasteiger partial charge < -0.3 is 30.7 Å². The maximum atomic E-state index is 12.5. The summed E-state index contributed by atoms with van der Waals surface area (Å²) >= 11 is 0. The van der Waals surface area contributed by atoms with Crippen molar-refractivity contribution in [3.8, 4) is 0 Å². The summed E-state index contributed by atoms with van der Waals surface area (Å²) in [7, 11) is 0. The van der Waals surface area contributed by atoms with E-state index < -0.39 is 0 Å². The maximum Gasteiger partial charge on any atom is 0.407 e. The number of carbonyl (C=O) groups excluding carboxylic acids is 2. The Morgan fingerprint density at radius 2 is 1.77 bits per heavy atom. The number of benzene rings is 2. The topological polar surface area (TPSA) is 106 Å². The van der Waals surface area contributed by atoms with Gasteiger partial charge in [0.05, 0.1) is 30.6 Å². The standard InChI is InChI=1S/C23H28N4O4/c24-20-3-1-2-4-21(20)26-22(28)16-5-7-18(8-6-16)27-12-9-17(15-27)25-23(29)31-19-10-13-30-14-11-19/h1-8,17,19H,9-15,24H2,(H,25,29)(H,26,28)/t17-/m0/s1. The first kappa shape index (κ1) is 21.0. The molecule has 0 unspecified atom stereocenters. The van der Waals surface area contributed by atoms with Gasteiger partial charge in [-0.2, -0.15) is 0 Å². The molecule has 2 aliphatic heterocycles. The molecule has 31 heavy (non-hydrogen) atoms. The molecular formula is C23H28N4O4. The van der Waals surface area contributed by atoms with Crippen LogP contribution in [0.2, 0.25) is 0 Å². The van der Waals surface area contributed by atoms with Crippen molar-refractivity contribution in [1.29, 1.82) is 0 Å². The molecule has 2 heterocycles. The molecule has 0 saturated carbocycles. The third-order valence-electron chi connectivity index (χ3n) is 5.66. The Balaban J connectivity index is 1.28. The van der Waals surface area contributed by atoms with Crippen LogP contribution in [0.15, 0.2) is 48.5 Å². The Bertz CT molecular complexity index is 912. The van der Waals surface area contributed by atoms with E-state index in [1.54, 1.807) is 24.3 Å². The number of amides is 2. The maximum absolute atomic E-state index is 12.5. The van der Waals surface area contributed by atoms with E-state index in [4.69, 9.17) is 15.2 Å². The van der Waals surface area contributed by atoms with Gasteiger partial charge in [0.15, 0.2) is 0 Å². The first-order chi connectivity index (χ1) is 15.1. The van der Waals surface area contributed by atoms with Gasteiger partial charge in [-0.3, -0.25) is 4.79 Å². The third kappa shape index (κ3) is 5.46. The average Bonchev–Trinajstić information content (AvgIpc) is 3.24. The minimum absolute atomic E-state index is 0.0383. The number of alkyl carbamates (subject to hydrolysis) is 1. The van der Waals surface area contributed by atoms with Gasteiger partial charge >= 0.3 is 6.09 Å². The smallest absolute Gasteiger partial charge is 0.407 e. The van der Waals surface area contributed by atoms with Gasteiger partial charge in [-0.25, -0.2) is 4.79 Å². The van der Waals surface area contributed by atoms with Gasteiger partial charge in [0.25, 0.3) is 5.91 Å². The van der Waals surface area contributed by atoms with E-state index in [0.29, 0.717) is 36.7 Å². The Labute approximate surface area is 181 Å². The summed E-state index contributed by atoms with van der Waals surface area (Å²) in [5, 5.41) is 5.80. The zero-order valence-electron chi connectivity index (χ0n) is 17.4. The molecule has 164 valence electrons. The molecule has 8 nitrogen and oxygen atoms in total. The van der Waals surface area contributed by atoms with E-state index in [0.717, 1.165) is 31.5 Å². The highest BCUT2D eigenvalue weighted by Crippen LogP contribution is 2.23. The Hall–Kier alpha value is -3.26. The third-order valence-corrected chi connectivity index (χ3v) is 5.66. The van der Waals surface area contributed by atoms with E-state index in [1.165, 1.54) is 0 Å². The largest absolute Gasteiger partial charge is 0.446 e. The van der Waals surface area contributed by atoms with Gasteiger partial charge in [0, 0.05) is 37.2 Å². The summed E-state index contributed by atoms with van der Waals surface area (Å²) < 4.78 is 10.8. The molecular weight excluding hydrogens is 396 g/mol. The Kier molecular flexibility index (Phi) is 6.57. The van der Waals surface area contributed by atoms with Gasteiger partial charge in [0.2, 0.25) is 0 Å². The molecule has 1 atom stereocenters. The van der Waals surface area contributed by atoms with Crippen molar-refractivity contribution in [2.75, 3.05) is 42.3 Å². The molecule has 2 amide bonds. The number of hydrogen-bond acceptors (Lipinski definition) is 6. The van der Waals surface area contributed by atoms with Gasteiger partial charge in [-0.1, -0.05) is 12.1 Å². The number of nitrogens with zero attached hydrogens (tertiary/aromatic N) is 1. The summed E-state index contributed by atoms with van der Waals surface area (Å²) in [5.41, 5.74) is 8.58. The second-order valence-electron chi connectivity index (χ2n) is 7.88.